The third kappa shape index (κ3) is 4.43. The van der Waals surface area contributed by atoms with Gasteiger partial charge in [0.2, 0.25) is 0 Å². The molecule has 2 aliphatic rings. The Morgan fingerprint density at radius 3 is 2.27 bits per heavy atom. The number of carbonyl (C=O) groups excluding carboxylic acids is 1. The monoisotopic (exact) mass is 408 g/mol. The molecule has 0 aliphatic heterocycles. The summed E-state index contributed by atoms with van der Waals surface area (Å²) in [6, 6.07) is 10.6. The number of rotatable bonds is 6. The summed E-state index contributed by atoms with van der Waals surface area (Å²) in [5, 5.41) is 0. The number of hydrogen-bond donors (Lipinski definition) is 0. The average molecular weight is 409 g/mol. The summed E-state index contributed by atoms with van der Waals surface area (Å²) in [5.41, 5.74) is 0.409. The van der Waals surface area contributed by atoms with Gasteiger partial charge in [-0.05, 0) is 49.0 Å². The van der Waals surface area contributed by atoms with E-state index in [4.69, 9.17) is 4.74 Å². The highest BCUT2D eigenvalue weighted by Gasteiger charge is 2.42. The molecule has 1 fully saturated rings. The van der Waals surface area contributed by atoms with Crippen LogP contribution >= 0.6 is 0 Å². The maximum absolute atomic E-state index is 13.3. The van der Waals surface area contributed by atoms with Crippen LogP contribution in [-0.4, -0.2) is 12.1 Å². The summed E-state index contributed by atoms with van der Waals surface area (Å²) in [6.07, 6.45) is 13.2. The number of esters is 1. The first-order valence-corrected chi connectivity index (χ1v) is 11.9. The van der Waals surface area contributed by atoms with E-state index in [0.29, 0.717) is 23.7 Å². The van der Waals surface area contributed by atoms with Crippen molar-refractivity contribution in [3.05, 3.63) is 60.2 Å². The predicted molar refractivity (Wildman–Crippen MR) is 125 cm³/mol. The van der Waals surface area contributed by atoms with Crippen molar-refractivity contribution in [3.63, 3.8) is 0 Å². The molecule has 1 saturated carbocycles. The molecule has 0 N–H and O–H groups in total. The largest absolute Gasteiger partial charge is 0.461 e. The standard InChI is InChI=1S/C28H40O2/c1-7-22(5)28(23-11-9-8-10-12-23)17-15-27(6,16-18-28)26(29)30-25-19-21(4)13-14-24(25)20(2)3/h8-12,15-18,20-22,24-25H,7,13-14,19H2,1-6H3/t21-,22?,24+,25-,27?,28?/m1/s1. The van der Waals surface area contributed by atoms with Gasteiger partial charge in [0.15, 0.2) is 0 Å². The van der Waals surface area contributed by atoms with E-state index in [9.17, 15) is 4.79 Å². The maximum Gasteiger partial charge on any atom is 0.319 e. The van der Waals surface area contributed by atoms with Crippen LogP contribution in [-0.2, 0) is 14.9 Å². The molecule has 2 aliphatic carbocycles. The zero-order chi connectivity index (χ0) is 21.9. The van der Waals surface area contributed by atoms with Crippen molar-refractivity contribution in [2.24, 2.45) is 29.1 Å². The second-order valence-corrected chi connectivity index (χ2v) is 10.3. The van der Waals surface area contributed by atoms with Crippen LogP contribution in [0.15, 0.2) is 54.6 Å². The normalized spacial score (nSPS) is 34.7. The van der Waals surface area contributed by atoms with Crippen LogP contribution in [0.25, 0.3) is 0 Å². The summed E-state index contributed by atoms with van der Waals surface area (Å²) in [7, 11) is 0. The Morgan fingerprint density at radius 1 is 1.07 bits per heavy atom. The van der Waals surface area contributed by atoms with Gasteiger partial charge in [-0.1, -0.05) is 102 Å². The van der Waals surface area contributed by atoms with Gasteiger partial charge < -0.3 is 4.74 Å². The van der Waals surface area contributed by atoms with Gasteiger partial charge in [0.1, 0.15) is 11.5 Å². The molecule has 2 nitrogen and oxygen atoms in total. The Hall–Kier alpha value is -1.83. The van der Waals surface area contributed by atoms with Crippen LogP contribution in [0.2, 0.25) is 0 Å². The highest BCUT2D eigenvalue weighted by Crippen LogP contribution is 2.44. The van der Waals surface area contributed by atoms with Crippen molar-refractivity contribution in [2.45, 2.75) is 78.7 Å². The molecular weight excluding hydrogens is 368 g/mol. The first-order chi connectivity index (χ1) is 14.2. The van der Waals surface area contributed by atoms with Gasteiger partial charge in [0.05, 0.1) is 0 Å². The van der Waals surface area contributed by atoms with Gasteiger partial charge in [-0.3, -0.25) is 4.79 Å². The fourth-order valence-electron chi connectivity index (χ4n) is 5.25. The minimum absolute atomic E-state index is 0.0373. The molecule has 0 amide bonds. The first-order valence-electron chi connectivity index (χ1n) is 11.9. The molecular formula is C28H40O2. The summed E-state index contributed by atoms with van der Waals surface area (Å²) in [6.45, 7) is 13.3. The van der Waals surface area contributed by atoms with E-state index in [1.807, 2.05) is 6.92 Å². The minimum Gasteiger partial charge on any atom is -0.461 e. The van der Waals surface area contributed by atoms with Gasteiger partial charge in [-0.25, -0.2) is 0 Å². The van der Waals surface area contributed by atoms with E-state index in [1.165, 1.54) is 12.0 Å². The van der Waals surface area contributed by atoms with E-state index >= 15 is 0 Å². The zero-order valence-corrected chi connectivity index (χ0v) is 19.7. The van der Waals surface area contributed by atoms with Gasteiger partial charge in [-0.2, -0.15) is 0 Å². The molecule has 0 bridgehead atoms. The lowest BCUT2D eigenvalue weighted by Crippen LogP contribution is -2.41. The van der Waals surface area contributed by atoms with Crippen LogP contribution in [0.1, 0.15) is 72.8 Å². The van der Waals surface area contributed by atoms with Crippen molar-refractivity contribution in [3.8, 4) is 0 Å². The number of allylic oxidation sites excluding steroid dienone is 2. The first kappa shape index (κ1) is 22.8. The van der Waals surface area contributed by atoms with Crippen molar-refractivity contribution < 1.29 is 9.53 Å². The third-order valence-electron chi connectivity index (χ3n) is 7.77. The lowest BCUT2D eigenvalue weighted by Gasteiger charge is -2.41. The highest BCUT2D eigenvalue weighted by atomic mass is 16.5. The second kappa shape index (κ2) is 9.12. The summed E-state index contributed by atoms with van der Waals surface area (Å²) in [5.74, 6) is 1.97. The van der Waals surface area contributed by atoms with Crippen LogP contribution in [0.4, 0.5) is 0 Å². The molecule has 0 spiro atoms. The lowest BCUT2D eigenvalue weighted by atomic mass is 9.65. The summed E-state index contributed by atoms with van der Waals surface area (Å²) >= 11 is 0. The lowest BCUT2D eigenvalue weighted by molar-refractivity contribution is -0.162. The van der Waals surface area contributed by atoms with Crippen molar-refractivity contribution in [2.75, 3.05) is 0 Å². The van der Waals surface area contributed by atoms with Crippen molar-refractivity contribution >= 4 is 5.97 Å². The average Bonchev–Trinajstić information content (AvgIpc) is 2.74. The van der Waals surface area contributed by atoms with E-state index < -0.39 is 5.41 Å². The molecule has 1 aromatic carbocycles. The molecule has 3 rings (SSSR count). The van der Waals surface area contributed by atoms with Gasteiger partial charge in [0, 0.05) is 5.41 Å². The molecule has 0 aromatic heterocycles. The molecule has 164 valence electrons. The van der Waals surface area contributed by atoms with E-state index in [-0.39, 0.29) is 17.5 Å². The molecule has 0 saturated heterocycles. The third-order valence-corrected chi connectivity index (χ3v) is 7.77. The second-order valence-electron chi connectivity index (χ2n) is 10.3. The molecule has 1 unspecified atom stereocenters. The van der Waals surface area contributed by atoms with Crippen LogP contribution in [0, 0.1) is 29.1 Å². The topological polar surface area (TPSA) is 26.3 Å². The van der Waals surface area contributed by atoms with Gasteiger partial charge in [0.25, 0.3) is 0 Å². The Morgan fingerprint density at radius 2 is 1.70 bits per heavy atom. The van der Waals surface area contributed by atoms with Crippen LogP contribution in [0.3, 0.4) is 0 Å². The van der Waals surface area contributed by atoms with Crippen molar-refractivity contribution in [1.29, 1.82) is 0 Å². The van der Waals surface area contributed by atoms with E-state index in [0.717, 1.165) is 19.3 Å². The van der Waals surface area contributed by atoms with E-state index in [2.05, 4.69) is 89.3 Å². The van der Waals surface area contributed by atoms with E-state index in [1.54, 1.807) is 0 Å². The summed E-state index contributed by atoms with van der Waals surface area (Å²) in [4.78, 5) is 13.3. The molecule has 30 heavy (non-hydrogen) atoms. The maximum atomic E-state index is 13.3. The fourth-order valence-corrected chi connectivity index (χ4v) is 5.25. The van der Waals surface area contributed by atoms with Crippen molar-refractivity contribution in [1.82, 2.24) is 0 Å². The minimum atomic E-state index is -0.700. The number of carbonyl (C=O) groups is 1. The molecule has 2 heteroatoms. The van der Waals surface area contributed by atoms with Crippen LogP contribution < -0.4 is 0 Å². The zero-order valence-electron chi connectivity index (χ0n) is 19.7. The number of hydrogen-bond acceptors (Lipinski definition) is 2. The Labute approximate surface area is 183 Å². The predicted octanol–water partition coefficient (Wildman–Crippen LogP) is 7.11. The van der Waals surface area contributed by atoms with Gasteiger partial charge >= 0.3 is 5.97 Å². The summed E-state index contributed by atoms with van der Waals surface area (Å²) < 4.78 is 6.20. The van der Waals surface area contributed by atoms with Crippen LogP contribution in [0.5, 0.6) is 0 Å². The molecule has 0 radical (unpaired) electrons. The molecule has 4 atom stereocenters. The Bertz CT molecular complexity index is 759. The quantitative estimate of drug-likeness (QED) is 0.370. The molecule has 0 heterocycles. The van der Waals surface area contributed by atoms with Gasteiger partial charge in [-0.15, -0.1) is 0 Å². The SMILES string of the molecule is CCC(C)C1(c2ccccc2)C=CC(C)(C(=O)O[C@@H]2C[C@H](C)CC[C@H]2C(C)C)C=C1. The fraction of sp³-hybridized carbons (Fsp3) is 0.607. The number of benzene rings is 1. The molecule has 1 aromatic rings. The highest BCUT2D eigenvalue weighted by molar-refractivity contribution is 5.82. The number of ether oxygens (including phenoxy) is 1. The Balaban J connectivity index is 1.82. The Kier molecular flexibility index (Phi) is 6.95. The smallest absolute Gasteiger partial charge is 0.319 e.